The molecule has 5 rings (SSSR count). The van der Waals surface area contributed by atoms with Crippen LogP contribution in [0.2, 0.25) is 0 Å². The van der Waals surface area contributed by atoms with Crippen LogP contribution in [0, 0.1) is 13.8 Å². The van der Waals surface area contributed by atoms with E-state index in [2.05, 4.69) is 105 Å². The SMILES string of the molecule is Cc1ccc(OC2=C(c3ccccc3)C(Sc3ccc(C)cc3)c3ccccc32)cc1. The number of hydrogen-bond acceptors (Lipinski definition) is 2. The van der Waals surface area contributed by atoms with E-state index in [1.165, 1.54) is 38.3 Å². The lowest BCUT2D eigenvalue weighted by Gasteiger charge is -2.17. The maximum atomic E-state index is 6.58. The number of fused-ring (bicyclic) bond motifs is 1. The van der Waals surface area contributed by atoms with E-state index in [9.17, 15) is 0 Å². The second-order valence-electron chi connectivity index (χ2n) is 7.92. The summed E-state index contributed by atoms with van der Waals surface area (Å²) in [6.45, 7) is 4.22. The molecular weight excluding hydrogens is 396 g/mol. The van der Waals surface area contributed by atoms with Gasteiger partial charge in [-0.3, -0.25) is 0 Å². The summed E-state index contributed by atoms with van der Waals surface area (Å²) >= 11 is 1.88. The molecule has 1 aliphatic rings. The average molecular weight is 421 g/mol. The van der Waals surface area contributed by atoms with Crippen molar-refractivity contribution in [3.8, 4) is 5.75 Å². The minimum atomic E-state index is 0.168. The lowest BCUT2D eigenvalue weighted by Crippen LogP contribution is -1.97. The Hall–Kier alpha value is -3.23. The van der Waals surface area contributed by atoms with E-state index in [1.54, 1.807) is 0 Å². The Bertz CT molecular complexity index is 1220. The van der Waals surface area contributed by atoms with Crippen molar-refractivity contribution in [3.63, 3.8) is 0 Å². The van der Waals surface area contributed by atoms with E-state index >= 15 is 0 Å². The lowest BCUT2D eigenvalue weighted by atomic mass is 10.0. The van der Waals surface area contributed by atoms with Crippen LogP contribution in [0.4, 0.5) is 0 Å². The topological polar surface area (TPSA) is 9.23 Å². The number of thioether (sulfide) groups is 1. The highest BCUT2D eigenvalue weighted by atomic mass is 32.2. The molecule has 0 heterocycles. The van der Waals surface area contributed by atoms with Crippen LogP contribution in [0.1, 0.15) is 33.1 Å². The summed E-state index contributed by atoms with van der Waals surface area (Å²) in [5.74, 6) is 1.82. The number of hydrogen-bond donors (Lipinski definition) is 0. The molecule has 0 amide bonds. The number of aryl methyl sites for hydroxylation is 2. The van der Waals surface area contributed by atoms with Gasteiger partial charge >= 0.3 is 0 Å². The molecule has 0 aliphatic heterocycles. The van der Waals surface area contributed by atoms with Crippen LogP contribution < -0.4 is 4.74 Å². The first kappa shape index (κ1) is 19.7. The molecule has 0 saturated carbocycles. The third-order valence-electron chi connectivity index (χ3n) is 5.60. The maximum Gasteiger partial charge on any atom is 0.140 e. The van der Waals surface area contributed by atoms with E-state index in [0.29, 0.717) is 0 Å². The van der Waals surface area contributed by atoms with Gasteiger partial charge < -0.3 is 4.74 Å². The van der Waals surface area contributed by atoms with Gasteiger partial charge in [0, 0.05) is 16.0 Å². The van der Waals surface area contributed by atoms with Crippen LogP contribution in [-0.2, 0) is 0 Å². The quantitative estimate of drug-likeness (QED) is 0.322. The standard InChI is InChI=1S/C29H24OS/c1-20-12-16-23(17-13-20)30-28-25-10-6-7-11-26(25)29(27(28)22-8-4-3-5-9-22)31-24-18-14-21(2)15-19-24/h3-19,29H,1-2H3. The van der Waals surface area contributed by atoms with Crippen molar-refractivity contribution in [3.05, 3.63) is 131 Å². The summed E-state index contributed by atoms with van der Waals surface area (Å²) in [7, 11) is 0. The molecule has 1 nitrogen and oxygen atoms in total. The fourth-order valence-electron chi connectivity index (χ4n) is 3.96. The van der Waals surface area contributed by atoms with Gasteiger partial charge in [-0.05, 0) is 49.2 Å². The van der Waals surface area contributed by atoms with E-state index in [4.69, 9.17) is 4.74 Å². The molecule has 0 saturated heterocycles. The normalized spacial score (nSPS) is 15.1. The molecule has 1 atom stereocenters. The first-order valence-electron chi connectivity index (χ1n) is 10.6. The monoisotopic (exact) mass is 420 g/mol. The van der Waals surface area contributed by atoms with Gasteiger partial charge in [-0.25, -0.2) is 0 Å². The van der Waals surface area contributed by atoms with Crippen molar-refractivity contribution in [1.82, 2.24) is 0 Å². The van der Waals surface area contributed by atoms with Gasteiger partial charge in [-0.15, -0.1) is 11.8 Å². The third-order valence-corrected chi connectivity index (χ3v) is 6.86. The second kappa shape index (κ2) is 8.49. The molecule has 0 fully saturated rings. The van der Waals surface area contributed by atoms with Crippen molar-refractivity contribution in [2.45, 2.75) is 24.0 Å². The Balaban J connectivity index is 1.65. The average Bonchev–Trinajstić information content (AvgIpc) is 3.10. The van der Waals surface area contributed by atoms with Crippen molar-refractivity contribution in [1.29, 1.82) is 0 Å². The fourth-order valence-corrected chi connectivity index (χ4v) is 5.22. The molecule has 0 N–H and O–H groups in total. The van der Waals surface area contributed by atoms with Crippen molar-refractivity contribution < 1.29 is 4.74 Å². The molecule has 4 aromatic carbocycles. The molecule has 4 aromatic rings. The Kier molecular flexibility index (Phi) is 5.40. The molecule has 1 aliphatic carbocycles. The van der Waals surface area contributed by atoms with E-state index in [1.807, 2.05) is 23.9 Å². The van der Waals surface area contributed by atoms with Gasteiger partial charge in [0.2, 0.25) is 0 Å². The zero-order valence-electron chi connectivity index (χ0n) is 17.7. The molecule has 0 radical (unpaired) electrons. The molecule has 0 spiro atoms. The minimum Gasteiger partial charge on any atom is -0.456 e. The first-order chi connectivity index (χ1) is 15.2. The summed E-state index contributed by atoms with van der Waals surface area (Å²) in [5, 5.41) is 0.168. The Morgan fingerprint density at radius 1 is 0.645 bits per heavy atom. The summed E-state index contributed by atoms with van der Waals surface area (Å²) in [6, 6.07) is 36.3. The molecular formula is C29H24OS. The fraction of sp³-hybridized carbons (Fsp3) is 0.103. The molecule has 2 heteroatoms. The van der Waals surface area contributed by atoms with Gasteiger partial charge in [-0.1, -0.05) is 90.0 Å². The summed E-state index contributed by atoms with van der Waals surface area (Å²) in [5.41, 5.74) is 7.40. The van der Waals surface area contributed by atoms with Gasteiger partial charge in [-0.2, -0.15) is 0 Å². The highest BCUT2D eigenvalue weighted by Crippen LogP contribution is 2.54. The second-order valence-corrected chi connectivity index (χ2v) is 9.10. The summed E-state index contributed by atoms with van der Waals surface area (Å²) in [6.07, 6.45) is 0. The number of rotatable bonds is 5. The smallest absolute Gasteiger partial charge is 0.140 e. The van der Waals surface area contributed by atoms with Crippen LogP contribution in [0.3, 0.4) is 0 Å². The minimum absolute atomic E-state index is 0.168. The van der Waals surface area contributed by atoms with Crippen LogP contribution in [0.5, 0.6) is 5.75 Å². The third kappa shape index (κ3) is 4.04. The van der Waals surface area contributed by atoms with E-state index in [-0.39, 0.29) is 5.25 Å². The zero-order valence-corrected chi connectivity index (χ0v) is 18.5. The summed E-state index contributed by atoms with van der Waals surface area (Å²) < 4.78 is 6.58. The predicted molar refractivity (Wildman–Crippen MR) is 131 cm³/mol. The van der Waals surface area contributed by atoms with E-state index < -0.39 is 0 Å². The Morgan fingerprint density at radius 2 is 1.26 bits per heavy atom. The predicted octanol–water partition coefficient (Wildman–Crippen LogP) is 8.10. The van der Waals surface area contributed by atoms with Crippen molar-refractivity contribution in [2.24, 2.45) is 0 Å². The van der Waals surface area contributed by atoms with Gasteiger partial charge in [0.05, 0.1) is 5.25 Å². The molecule has 0 bridgehead atoms. The Labute approximate surface area is 188 Å². The van der Waals surface area contributed by atoms with Crippen LogP contribution in [-0.4, -0.2) is 0 Å². The van der Waals surface area contributed by atoms with Gasteiger partial charge in [0.1, 0.15) is 11.5 Å². The van der Waals surface area contributed by atoms with Crippen LogP contribution >= 0.6 is 11.8 Å². The lowest BCUT2D eigenvalue weighted by molar-refractivity contribution is 0.517. The first-order valence-corrected chi connectivity index (χ1v) is 11.4. The molecule has 0 aromatic heterocycles. The number of benzene rings is 4. The highest BCUT2D eigenvalue weighted by molar-refractivity contribution is 8.00. The zero-order chi connectivity index (χ0) is 21.2. The number of ether oxygens (including phenoxy) is 1. The van der Waals surface area contributed by atoms with Gasteiger partial charge in [0.15, 0.2) is 0 Å². The molecule has 1 unspecified atom stereocenters. The van der Waals surface area contributed by atoms with Gasteiger partial charge in [0.25, 0.3) is 0 Å². The highest BCUT2D eigenvalue weighted by Gasteiger charge is 2.34. The van der Waals surface area contributed by atoms with Crippen LogP contribution in [0.25, 0.3) is 11.3 Å². The van der Waals surface area contributed by atoms with Crippen molar-refractivity contribution >= 4 is 23.1 Å². The Morgan fingerprint density at radius 3 is 1.97 bits per heavy atom. The van der Waals surface area contributed by atoms with Crippen LogP contribution in [0.15, 0.2) is 108 Å². The maximum absolute atomic E-state index is 6.58. The van der Waals surface area contributed by atoms with Crippen molar-refractivity contribution in [2.75, 3.05) is 0 Å². The molecule has 31 heavy (non-hydrogen) atoms. The molecule has 152 valence electrons. The van der Waals surface area contributed by atoms with E-state index in [0.717, 1.165) is 11.5 Å². The largest absolute Gasteiger partial charge is 0.456 e. The summed E-state index contributed by atoms with van der Waals surface area (Å²) in [4.78, 5) is 1.26.